The van der Waals surface area contributed by atoms with Gasteiger partial charge in [0.25, 0.3) is 5.56 Å². The van der Waals surface area contributed by atoms with Gasteiger partial charge in [0.05, 0.1) is 18.1 Å². The number of likely N-dealkylation sites (tertiary alicyclic amines) is 1. The summed E-state index contributed by atoms with van der Waals surface area (Å²) in [4.78, 5) is 36.1. The van der Waals surface area contributed by atoms with Crippen molar-refractivity contribution in [2.45, 2.75) is 88.4 Å². The van der Waals surface area contributed by atoms with Gasteiger partial charge >= 0.3 is 0 Å². The van der Waals surface area contributed by atoms with Crippen molar-refractivity contribution >= 4 is 16.9 Å². The van der Waals surface area contributed by atoms with Crippen molar-refractivity contribution in [3.63, 3.8) is 0 Å². The number of benzene rings is 2. The number of hydrogen-bond donors (Lipinski definition) is 0. The zero-order valence-electron chi connectivity index (χ0n) is 26.8. The van der Waals surface area contributed by atoms with Crippen LogP contribution >= 0.6 is 0 Å². The number of aryl methyl sites for hydroxylation is 1. The van der Waals surface area contributed by atoms with Crippen molar-refractivity contribution in [1.29, 1.82) is 0 Å². The highest BCUT2D eigenvalue weighted by Gasteiger charge is 2.44. The number of pyridine rings is 1. The minimum absolute atomic E-state index is 0.00514. The van der Waals surface area contributed by atoms with Gasteiger partial charge in [-0.25, -0.2) is 4.98 Å². The molecular formula is C37H45N5O3. The fourth-order valence-electron chi connectivity index (χ4n) is 8.75. The number of carbonyl (C=O) groups is 1. The minimum atomic E-state index is -0.579. The summed E-state index contributed by atoms with van der Waals surface area (Å²) in [7, 11) is 1.48. The predicted octanol–water partition coefficient (Wildman–Crippen LogP) is 5.89. The van der Waals surface area contributed by atoms with Crippen LogP contribution in [0.25, 0.3) is 11.0 Å². The number of amides is 1. The van der Waals surface area contributed by atoms with Gasteiger partial charge in [0.15, 0.2) is 5.75 Å². The average molecular weight is 608 g/mol. The van der Waals surface area contributed by atoms with Crippen LogP contribution in [-0.2, 0) is 10.2 Å². The zero-order valence-corrected chi connectivity index (χ0v) is 26.8. The fourth-order valence-corrected chi connectivity index (χ4v) is 8.75. The Hall–Kier alpha value is -3.91. The molecule has 4 atom stereocenters. The first-order chi connectivity index (χ1) is 21.9. The van der Waals surface area contributed by atoms with Crippen molar-refractivity contribution in [1.82, 2.24) is 23.9 Å². The van der Waals surface area contributed by atoms with Crippen LogP contribution in [0.1, 0.15) is 75.3 Å². The third kappa shape index (κ3) is 5.37. The molecule has 45 heavy (non-hydrogen) atoms. The second-order valence-corrected chi connectivity index (χ2v) is 13.5. The Morgan fingerprint density at radius 2 is 1.64 bits per heavy atom. The highest BCUT2D eigenvalue weighted by molar-refractivity contribution is 5.80. The van der Waals surface area contributed by atoms with Gasteiger partial charge in [-0.05, 0) is 101 Å². The molecule has 0 spiro atoms. The molecule has 8 nitrogen and oxygen atoms in total. The number of methoxy groups -OCH3 is 1. The third-order valence-corrected chi connectivity index (χ3v) is 11.2. The molecule has 3 aliphatic rings. The summed E-state index contributed by atoms with van der Waals surface area (Å²) in [5.74, 6) is 1.38. The molecule has 0 aliphatic carbocycles. The van der Waals surface area contributed by atoms with Crippen LogP contribution in [0.5, 0.6) is 5.75 Å². The molecule has 0 saturated carbocycles. The number of para-hydroxylation sites is 2. The number of carbonyl (C=O) groups excluding carboxylic acids is 1. The maximum absolute atomic E-state index is 13.6. The van der Waals surface area contributed by atoms with Gasteiger partial charge in [0, 0.05) is 37.4 Å². The minimum Gasteiger partial charge on any atom is -0.491 e. The summed E-state index contributed by atoms with van der Waals surface area (Å²) < 4.78 is 9.22. The van der Waals surface area contributed by atoms with Crippen LogP contribution in [0.3, 0.4) is 0 Å². The monoisotopic (exact) mass is 607 g/mol. The molecule has 2 aromatic heterocycles. The zero-order chi connectivity index (χ0) is 31.1. The summed E-state index contributed by atoms with van der Waals surface area (Å²) in [5.41, 5.74) is 3.51. The quantitative estimate of drug-likeness (QED) is 0.250. The Morgan fingerprint density at radius 1 is 0.956 bits per heavy atom. The van der Waals surface area contributed by atoms with E-state index >= 15 is 0 Å². The van der Waals surface area contributed by atoms with E-state index in [-0.39, 0.29) is 22.6 Å². The molecule has 0 radical (unpaired) electrons. The van der Waals surface area contributed by atoms with Crippen LogP contribution in [-0.4, -0.2) is 68.7 Å². The molecule has 4 aromatic rings. The lowest BCUT2D eigenvalue weighted by molar-refractivity contribution is -0.136. The number of nitrogens with zero attached hydrogens (tertiary/aromatic N) is 5. The summed E-state index contributed by atoms with van der Waals surface area (Å²) >= 11 is 0. The van der Waals surface area contributed by atoms with E-state index in [9.17, 15) is 9.59 Å². The molecule has 8 heteroatoms. The van der Waals surface area contributed by atoms with E-state index < -0.39 is 6.04 Å². The van der Waals surface area contributed by atoms with Gasteiger partial charge in [0.1, 0.15) is 11.9 Å². The fraction of sp³-hybridized carbons (Fsp3) is 0.486. The van der Waals surface area contributed by atoms with Gasteiger partial charge in [-0.3, -0.25) is 14.5 Å². The molecule has 1 amide bonds. The number of rotatable bonds is 8. The average Bonchev–Trinajstić information content (AvgIpc) is 3.54. The largest absolute Gasteiger partial charge is 0.491 e. The molecule has 0 N–H and O–H groups in total. The van der Waals surface area contributed by atoms with E-state index in [0.29, 0.717) is 31.2 Å². The van der Waals surface area contributed by atoms with Gasteiger partial charge in [0.2, 0.25) is 5.91 Å². The second-order valence-electron chi connectivity index (χ2n) is 13.5. The molecule has 7 rings (SSSR count). The Bertz CT molecular complexity index is 1710. The lowest BCUT2D eigenvalue weighted by atomic mass is 9.70. The molecule has 1 unspecified atom stereocenters. The van der Waals surface area contributed by atoms with Crippen molar-refractivity contribution in [2.24, 2.45) is 0 Å². The van der Waals surface area contributed by atoms with Gasteiger partial charge in [-0.1, -0.05) is 42.5 Å². The van der Waals surface area contributed by atoms with E-state index in [1.165, 1.54) is 48.4 Å². The SMILES string of the molecule is COc1cccn(C(C)C(=O)N2CCC(CCN3[C@@H]4CC[C@H]3C[C@@H](n3c(C)nc5ccccc53)C4)(c3ccccc3)CC2)c1=O. The molecule has 2 bridgehead atoms. The molecule has 2 aromatic carbocycles. The molecular weight excluding hydrogens is 562 g/mol. The van der Waals surface area contributed by atoms with E-state index in [2.05, 4.69) is 71.0 Å². The van der Waals surface area contributed by atoms with Crippen molar-refractivity contribution < 1.29 is 9.53 Å². The topological polar surface area (TPSA) is 72.6 Å². The molecule has 3 fully saturated rings. The van der Waals surface area contributed by atoms with Crippen molar-refractivity contribution in [2.75, 3.05) is 26.7 Å². The Kier molecular flexibility index (Phi) is 8.02. The lowest BCUT2D eigenvalue weighted by Gasteiger charge is -2.46. The number of ether oxygens (including phenoxy) is 1. The summed E-state index contributed by atoms with van der Waals surface area (Å²) in [6.45, 7) is 6.45. The first kappa shape index (κ1) is 29.8. The van der Waals surface area contributed by atoms with Gasteiger partial charge in [-0.2, -0.15) is 0 Å². The number of imidazole rings is 1. The number of hydrogen-bond acceptors (Lipinski definition) is 5. The third-order valence-electron chi connectivity index (χ3n) is 11.2. The Labute approximate surface area is 265 Å². The highest BCUT2D eigenvalue weighted by atomic mass is 16.5. The molecule has 3 saturated heterocycles. The van der Waals surface area contributed by atoms with Crippen molar-refractivity contribution in [3.8, 4) is 5.75 Å². The van der Waals surface area contributed by atoms with Crippen molar-refractivity contribution in [3.05, 3.63) is 94.7 Å². The molecule has 236 valence electrons. The maximum Gasteiger partial charge on any atom is 0.293 e. The lowest BCUT2D eigenvalue weighted by Crippen LogP contribution is -2.50. The first-order valence-corrected chi connectivity index (χ1v) is 16.7. The van der Waals surface area contributed by atoms with Crippen LogP contribution in [0.4, 0.5) is 0 Å². The van der Waals surface area contributed by atoms with Crippen LogP contribution in [0, 0.1) is 6.92 Å². The maximum atomic E-state index is 13.6. The standard InChI is InChI=1S/C37H45N5O3/c1-26(40-20-9-14-34(45-3)36(40)44)35(43)39-21-17-37(18-22-39,28-10-5-4-6-11-28)19-23-41-29-15-16-30(41)25-31(24-29)42-27(2)38-32-12-7-8-13-33(32)42/h4-14,20,26,29-31H,15-19,21-25H2,1-3H3/t26?,29-,30+,31+. The second kappa shape index (κ2) is 12.1. The van der Waals surface area contributed by atoms with E-state index in [0.717, 1.165) is 37.1 Å². The smallest absolute Gasteiger partial charge is 0.293 e. The summed E-state index contributed by atoms with van der Waals surface area (Å²) in [6.07, 6.45) is 9.53. The number of aromatic nitrogens is 3. The Balaban J connectivity index is 1.05. The molecule has 3 aliphatic heterocycles. The summed E-state index contributed by atoms with van der Waals surface area (Å²) in [6, 6.07) is 24.0. The highest BCUT2D eigenvalue weighted by Crippen LogP contribution is 2.45. The Morgan fingerprint density at radius 3 is 2.36 bits per heavy atom. The summed E-state index contributed by atoms with van der Waals surface area (Å²) in [5, 5.41) is 0. The van der Waals surface area contributed by atoms with E-state index in [4.69, 9.17) is 9.72 Å². The first-order valence-electron chi connectivity index (χ1n) is 16.7. The van der Waals surface area contributed by atoms with Gasteiger partial charge in [-0.15, -0.1) is 0 Å². The van der Waals surface area contributed by atoms with Gasteiger partial charge < -0.3 is 18.8 Å². The van der Waals surface area contributed by atoms with Crippen LogP contribution in [0.2, 0.25) is 0 Å². The van der Waals surface area contributed by atoms with E-state index in [1.54, 1.807) is 18.3 Å². The van der Waals surface area contributed by atoms with Crippen LogP contribution in [0.15, 0.2) is 77.7 Å². The normalized spacial score (nSPS) is 23.7. The predicted molar refractivity (Wildman–Crippen MR) is 177 cm³/mol. The van der Waals surface area contributed by atoms with Crippen LogP contribution < -0.4 is 10.3 Å². The van der Waals surface area contributed by atoms with E-state index in [1.807, 2.05) is 11.8 Å². The number of piperidine rings is 2. The number of fused-ring (bicyclic) bond motifs is 3. The molecule has 5 heterocycles.